The van der Waals surface area contributed by atoms with Gasteiger partial charge in [0.2, 0.25) is 0 Å². The van der Waals surface area contributed by atoms with Gasteiger partial charge in [-0.3, -0.25) is 4.79 Å². The van der Waals surface area contributed by atoms with E-state index in [1.165, 1.54) is 23.1 Å². The van der Waals surface area contributed by atoms with Crippen molar-refractivity contribution in [3.63, 3.8) is 0 Å². The van der Waals surface area contributed by atoms with Gasteiger partial charge in [-0.25, -0.2) is 4.39 Å². The lowest BCUT2D eigenvalue weighted by Crippen LogP contribution is -2.31. The second kappa shape index (κ2) is 8.40. The quantitative estimate of drug-likeness (QED) is 0.839. The first-order chi connectivity index (χ1) is 9.95. The molecule has 0 heterocycles. The van der Waals surface area contributed by atoms with Crippen molar-refractivity contribution in [3.8, 4) is 11.8 Å². The molecule has 2 N–H and O–H groups in total. The minimum absolute atomic E-state index is 0.105. The minimum Gasteiger partial charge on any atom is -0.377 e. The summed E-state index contributed by atoms with van der Waals surface area (Å²) in [6.45, 7) is 4.89. The summed E-state index contributed by atoms with van der Waals surface area (Å²) >= 11 is 0. The van der Waals surface area contributed by atoms with Gasteiger partial charge in [0.15, 0.2) is 0 Å². The molecular formula is C16H21FN2O2. The summed E-state index contributed by atoms with van der Waals surface area (Å²) in [7, 11) is 1.65. The van der Waals surface area contributed by atoms with E-state index in [0.717, 1.165) is 0 Å². The zero-order valence-corrected chi connectivity index (χ0v) is 12.6. The molecule has 1 amide bonds. The highest BCUT2D eigenvalue weighted by Crippen LogP contribution is 2.13. The van der Waals surface area contributed by atoms with Gasteiger partial charge in [-0.05, 0) is 32.0 Å². The number of ether oxygens (including phenoxy) is 1. The zero-order chi connectivity index (χ0) is 15.8. The molecule has 0 bridgehead atoms. The number of benzene rings is 1. The normalized spacial score (nSPS) is 10.2. The van der Waals surface area contributed by atoms with E-state index in [1.807, 2.05) is 13.8 Å². The molecule has 4 nitrogen and oxygen atoms in total. The number of carbonyl (C=O) groups is 1. The van der Waals surface area contributed by atoms with Gasteiger partial charge in [-0.2, -0.15) is 0 Å². The summed E-state index contributed by atoms with van der Waals surface area (Å²) in [5.41, 5.74) is 6.04. The summed E-state index contributed by atoms with van der Waals surface area (Å²) in [6, 6.07) is 3.96. The zero-order valence-electron chi connectivity index (χ0n) is 12.6. The van der Waals surface area contributed by atoms with Crippen LogP contribution < -0.4 is 5.73 Å². The van der Waals surface area contributed by atoms with Crippen molar-refractivity contribution in [2.45, 2.75) is 20.0 Å². The van der Waals surface area contributed by atoms with Gasteiger partial charge in [0.05, 0.1) is 24.8 Å². The summed E-state index contributed by atoms with van der Waals surface area (Å²) in [6.07, 6.45) is 0.105. The maximum absolute atomic E-state index is 13.4. The van der Waals surface area contributed by atoms with Crippen LogP contribution in [0.2, 0.25) is 0 Å². The van der Waals surface area contributed by atoms with E-state index in [1.54, 1.807) is 7.05 Å². The van der Waals surface area contributed by atoms with Crippen LogP contribution in [0, 0.1) is 17.7 Å². The standard InChI is InChI=1S/C16H21FN2O2/c1-12(2)21-10-9-19(3)16(20)15-11-14(17)7-6-13(15)5-4-8-18/h6-7,11-12H,8-10,18H2,1-3H3. The third kappa shape index (κ3) is 5.54. The van der Waals surface area contributed by atoms with E-state index >= 15 is 0 Å². The summed E-state index contributed by atoms with van der Waals surface area (Å²) < 4.78 is 18.8. The van der Waals surface area contributed by atoms with Crippen LogP contribution in [0.3, 0.4) is 0 Å². The molecule has 0 saturated heterocycles. The van der Waals surface area contributed by atoms with E-state index in [-0.39, 0.29) is 24.1 Å². The number of rotatable bonds is 5. The molecule has 1 aromatic carbocycles. The Balaban J connectivity index is 2.87. The van der Waals surface area contributed by atoms with Crippen LogP contribution in [0.5, 0.6) is 0 Å². The van der Waals surface area contributed by atoms with E-state index in [2.05, 4.69) is 11.8 Å². The van der Waals surface area contributed by atoms with Gasteiger partial charge in [0.25, 0.3) is 5.91 Å². The highest BCUT2D eigenvalue weighted by atomic mass is 19.1. The Hall–Kier alpha value is -1.90. The van der Waals surface area contributed by atoms with Crippen molar-refractivity contribution in [1.29, 1.82) is 0 Å². The molecular weight excluding hydrogens is 271 g/mol. The number of nitrogens with zero attached hydrogens (tertiary/aromatic N) is 1. The topological polar surface area (TPSA) is 55.6 Å². The molecule has 0 spiro atoms. The first-order valence-corrected chi connectivity index (χ1v) is 6.81. The summed E-state index contributed by atoms with van der Waals surface area (Å²) in [5.74, 6) is 4.71. The summed E-state index contributed by atoms with van der Waals surface area (Å²) in [5, 5.41) is 0. The molecule has 0 unspecified atom stereocenters. The molecule has 0 aliphatic carbocycles. The molecule has 114 valence electrons. The van der Waals surface area contributed by atoms with E-state index in [0.29, 0.717) is 18.7 Å². The second-order valence-corrected chi connectivity index (χ2v) is 4.84. The van der Waals surface area contributed by atoms with Crippen LogP contribution >= 0.6 is 0 Å². The molecule has 1 rings (SSSR count). The highest BCUT2D eigenvalue weighted by molar-refractivity contribution is 5.96. The lowest BCUT2D eigenvalue weighted by Gasteiger charge is -2.19. The first-order valence-electron chi connectivity index (χ1n) is 6.81. The van der Waals surface area contributed by atoms with Crippen LogP contribution in [-0.4, -0.2) is 43.7 Å². The molecule has 0 aromatic heterocycles. The number of halogens is 1. The molecule has 1 aromatic rings. The van der Waals surface area contributed by atoms with Gasteiger partial charge in [0.1, 0.15) is 5.82 Å². The monoisotopic (exact) mass is 292 g/mol. The molecule has 0 saturated carbocycles. The van der Waals surface area contributed by atoms with Crippen molar-refractivity contribution in [3.05, 3.63) is 35.1 Å². The molecule has 0 aliphatic heterocycles. The SMILES string of the molecule is CC(C)OCCN(C)C(=O)c1cc(F)ccc1C#CCN. The fraction of sp³-hybridized carbons (Fsp3) is 0.438. The third-order valence-electron chi connectivity index (χ3n) is 2.76. The average Bonchev–Trinajstić information content (AvgIpc) is 2.44. The number of hydrogen-bond donors (Lipinski definition) is 1. The van der Waals surface area contributed by atoms with Crippen molar-refractivity contribution in [1.82, 2.24) is 4.90 Å². The molecule has 0 atom stereocenters. The number of carbonyl (C=O) groups excluding carboxylic acids is 1. The van der Waals surface area contributed by atoms with E-state index < -0.39 is 5.82 Å². The van der Waals surface area contributed by atoms with Gasteiger partial charge >= 0.3 is 0 Å². The highest BCUT2D eigenvalue weighted by Gasteiger charge is 2.16. The Morgan fingerprint density at radius 1 is 1.48 bits per heavy atom. The van der Waals surface area contributed by atoms with Crippen molar-refractivity contribution in [2.75, 3.05) is 26.7 Å². The fourth-order valence-electron chi connectivity index (χ4n) is 1.68. The average molecular weight is 292 g/mol. The Morgan fingerprint density at radius 3 is 2.81 bits per heavy atom. The van der Waals surface area contributed by atoms with E-state index in [4.69, 9.17) is 10.5 Å². The van der Waals surface area contributed by atoms with Crippen molar-refractivity contribution < 1.29 is 13.9 Å². The van der Waals surface area contributed by atoms with Crippen LogP contribution in [0.15, 0.2) is 18.2 Å². The first kappa shape index (κ1) is 17.2. The van der Waals surface area contributed by atoms with Gasteiger partial charge < -0.3 is 15.4 Å². The Labute approximate surface area is 125 Å². The molecule has 21 heavy (non-hydrogen) atoms. The number of hydrogen-bond acceptors (Lipinski definition) is 3. The molecule has 5 heteroatoms. The lowest BCUT2D eigenvalue weighted by atomic mass is 10.1. The smallest absolute Gasteiger partial charge is 0.255 e. The number of nitrogens with two attached hydrogens (primary N) is 1. The second-order valence-electron chi connectivity index (χ2n) is 4.84. The number of amides is 1. The minimum atomic E-state index is -0.469. The van der Waals surface area contributed by atoms with Gasteiger partial charge in [-0.1, -0.05) is 11.8 Å². The fourth-order valence-corrected chi connectivity index (χ4v) is 1.68. The predicted octanol–water partition coefficient (Wildman–Crippen LogP) is 1.63. The van der Waals surface area contributed by atoms with Gasteiger partial charge in [0, 0.05) is 19.2 Å². The third-order valence-corrected chi connectivity index (χ3v) is 2.76. The largest absolute Gasteiger partial charge is 0.377 e. The van der Waals surface area contributed by atoms with Gasteiger partial charge in [-0.15, -0.1) is 0 Å². The number of likely N-dealkylation sites (N-methyl/N-ethyl adjacent to an activating group) is 1. The van der Waals surface area contributed by atoms with Crippen molar-refractivity contribution >= 4 is 5.91 Å². The maximum Gasteiger partial charge on any atom is 0.255 e. The summed E-state index contributed by atoms with van der Waals surface area (Å²) in [4.78, 5) is 13.9. The Morgan fingerprint density at radius 2 is 2.19 bits per heavy atom. The van der Waals surface area contributed by atoms with E-state index in [9.17, 15) is 9.18 Å². The lowest BCUT2D eigenvalue weighted by molar-refractivity contribution is 0.0531. The Bertz CT molecular complexity index is 547. The Kier molecular flexibility index (Phi) is 6.86. The maximum atomic E-state index is 13.4. The molecule has 0 fully saturated rings. The van der Waals surface area contributed by atoms with Crippen LogP contribution in [-0.2, 0) is 4.74 Å². The van der Waals surface area contributed by atoms with Crippen molar-refractivity contribution in [2.24, 2.45) is 5.73 Å². The molecule has 0 radical (unpaired) electrons. The van der Waals surface area contributed by atoms with Crippen LogP contribution in [0.1, 0.15) is 29.8 Å². The predicted molar refractivity (Wildman–Crippen MR) is 80.4 cm³/mol. The van der Waals surface area contributed by atoms with Crippen LogP contribution in [0.25, 0.3) is 0 Å². The molecule has 0 aliphatic rings. The van der Waals surface area contributed by atoms with Crippen LogP contribution in [0.4, 0.5) is 4.39 Å².